The third kappa shape index (κ3) is 5.26. The van der Waals surface area contributed by atoms with Gasteiger partial charge in [0.25, 0.3) is 0 Å². The number of hydrogen-bond acceptors (Lipinski definition) is 4. The van der Waals surface area contributed by atoms with E-state index in [-0.39, 0.29) is 11.3 Å². The highest BCUT2D eigenvalue weighted by atomic mass is 16.4. The van der Waals surface area contributed by atoms with Gasteiger partial charge in [0.15, 0.2) is 5.43 Å². The summed E-state index contributed by atoms with van der Waals surface area (Å²) in [5.74, 6) is 0.0895. The number of aromatic carboxylic acids is 1. The topological polar surface area (TPSA) is 79.9 Å². The van der Waals surface area contributed by atoms with Crippen molar-refractivity contribution in [1.82, 2.24) is 0 Å². The van der Waals surface area contributed by atoms with Gasteiger partial charge in [0.2, 0.25) is 0 Å². The second kappa shape index (κ2) is 10.6. The summed E-state index contributed by atoms with van der Waals surface area (Å²) in [6.45, 7) is 4.14. The van der Waals surface area contributed by atoms with E-state index in [2.05, 4.69) is 30.1 Å². The number of allylic oxidation sites excluding steroid dienone is 5. The van der Waals surface area contributed by atoms with Crippen LogP contribution in [0.3, 0.4) is 0 Å². The van der Waals surface area contributed by atoms with Crippen LogP contribution in [0.1, 0.15) is 71.3 Å². The van der Waals surface area contributed by atoms with Gasteiger partial charge in [-0.05, 0) is 79.8 Å². The molecule has 2 aromatic carbocycles. The molecule has 5 nitrogen and oxygen atoms in total. The Morgan fingerprint density at radius 2 is 2.05 bits per heavy atom. The Balaban J connectivity index is 1.46. The average Bonchev–Trinajstić information content (AvgIpc) is 3.29. The summed E-state index contributed by atoms with van der Waals surface area (Å²) < 4.78 is 6.48. The minimum atomic E-state index is -0.897. The predicted molar refractivity (Wildman–Crippen MR) is 148 cm³/mol. The lowest BCUT2D eigenvalue weighted by atomic mass is 9.90. The molecule has 1 aliphatic carbocycles. The number of rotatable bonds is 7. The second-order valence-corrected chi connectivity index (χ2v) is 10.0. The Morgan fingerprint density at radius 3 is 2.89 bits per heavy atom. The summed E-state index contributed by atoms with van der Waals surface area (Å²) in [6, 6.07) is 12.8. The molecule has 1 unspecified atom stereocenters. The molecule has 1 N–H and O–H groups in total. The Bertz CT molecular complexity index is 1540. The Labute approximate surface area is 216 Å². The first kappa shape index (κ1) is 24.7. The number of nitrogens with zero attached hydrogens (tertiary/aromatic N) is 1. The predicted octanol–water partition coefficient (Wildman–Crippen LogP) is 7.24. The van der Waals surface area contributed by atoms with Gasteiger partial charge in [-0.25, -0.2) is 4.79 Å². The smallest absolute Gasteiger partial charge is 0.335 e. The van der Waals surface area contributed by atoms with E-state index in [4.69, 9.17) is 4.42 Å². The van der Waals surface area contributed by atoms with Gasteiger partial charge in [0.1, 0.15) is 11.3 Å². The highest BCUT2D eigenvalue weighted by molar-refractivity contribution is 6.06. The van der Waals surface area contributed by atoms with Crippen LogP contribution < -0.4 is 5.43 Å². The van der Waals surface area contributed by atoms with E-state index < -0.39 is 5.97 Å². The molecule has 1 aliphatic heterocycles. The third-order valence-electron chi connectivity index (χ3n) is 7.32. The molecule has 2 aliphatic rings. The van der Waals surface area contributed by atoms with Crippen LogP contribution in [0, 0.1) is 12.8 Å². The van der Waals surface area contributed by atoms with Crippen LogP contribution in [0.4, 0.5) is 0 Å². The number of fused-ring (bicyclic) bond motifs is 2. The largest absolute Gasteiger partial charge is 0.478 e. The molecule has 2 atom stereocenters. The van der Waals surface area contributed by atoms with Crippen LogP contribution >= 0.6 is 0 Å². The minimum absolute atomic E-state index is 0.0526. The van der Waals surface area contributed by atoms with E-state index in [1.165, 1.54) is 0 Å². The highest BCUT2D eigenvalue weighted by Crippen LogP contribution is 2.32. The zero-order valence-corrected chi connectivity index (χ0v) is 21.2. The van der Waals surface area contributed by atoms with E-state index >= 15 is 0 Å². The van der Waals surface area contributed by atoms with Crippen LogP contribution in [0.15, 0.2) is 87.2 Å². The standard InChI is InChI=1S/C32H31NO4/c1-20-16-26(21(2)8-7-12-22-9-5-6-13-25(22)32(35)36)31-27(17-20)29(34)19-30(37-31)24-11-4-3-10-23-14-15-33-28(23)18-24/h4-6,9,11,13-19,21,23H,3,7-8,10,12H2,1-2H3,(H,35,36)/b11-4-,24-18+/t21-,23?/m0/s1. The molecular formula is C32H31NO4. The molecule has 0 bridgehead atoms. The van der Waals surface area contributed by atoms with Crippen LogP contribution in [0.5, 0.6) is 0 Å². The quantitative estimate of drug-likeness (QED) is 0.376. The molecule has 0 saturated heterocycles. The lowest BCUT2D eigenvalue weighted by molar-refractivity contribution is 0.0695. The number of aryl methyl sites for hydroxylation is 2. The molecule has 0 fully saturated rings. The van der Waals surface area contributed by atoms with Gasteiger partial charge < -0.3 is 9.52 Å². The highest BCUT2D eigenvalue weighted by Gasteiger charge is 2.20. The Morgan fingerprint density at radius 1 is 1.22 bits per heavy atom. The average molecular weight is 494 g/mol. The van der Waals surface area contributed by atoms with E-state index in [9.17, 15) is 14.7 Å². The summed E-state index contributed by atoms with van der Waals surface area (Å²) in [5, 5.41) is 10.1. The first-order chi connectivity index (χ1) is 17.9. The van der Waals surface area contributed by atoms with Gasteiger partial charge in [-0.1, -0.05) is 49.4 Å². The summed E-state index contributed by atoms with van der Waals surface area (Å²) in [7, 11) is 0. The number of carboxylic acids is 1. The fraction of sp³-hybridized carbons (Fsp3) is 0.281. The van der Waals surface area contributed by atoms with Crippen LogP contribution in [0.25, 0.3) is 16.5 Å². The zero-order valence-electron chi connectivity index (χ0n) is 21.2. The Hall–Kier alpha value is -3.99. The van der Waals surface area contributed by atoms with Gasteiger partial charge in [-0.15, -0.1) is 0 Å². The summed E-state index contributed by atoms with van der Waals surface area (Å²) >= 11 is 0. The monoisotopic (exact) mass is 493 g/mol. The first-order valence-electron chi connectivity index (χ1n) is 12.9. The van der Waals surface area contributed by atoms with Crippen LogP contribution in [0.2, 0.25) is 0 Å². The lowest BCUT2D eigenvalue weighted by Crippen LogP contribution is -2.09. The van der Waals surface area contributed by atoms with Gasteiger partial charge >= 0.3 is 5.97 Å². The summed E-state index contributed by atoms with van der Waals surface area (Å²) in [5.41, 5.74) is 5.66. The number of aliphatic imine (C=N–C) groups is 1. The molecule has 5 rings (SSSR count). The van der Waals surface area contributed by atoms with Crippen molar-refractivity contribution in [2.24, 2.45) is 10.9 Å². The molecule has 1 aromatic heterocycles. The van der Waals surface area contributed by atoms with Gasteiger partial charge in [0.05, 0.1) is 10.9 Å². The summed E-state index contributed by atoms with van der Waals surface area (Å²) in [4.78, 5) is 29.3. The molecule has 2 heterocycles. The van der Waals surface area contributed by atoms with Crippen molar-refractivity contribution in [3.63, 3.8) is 0 Å². The number of benzene rings is 2. The van der Waals surface area contributed by atoms with E-state index in [0.29, 0.717) is 34.6 Å². The van der Waals surface area contributed by atoms with Crippen molar-refractivity contribution < 1.29 is 14.3 Å². The van der Waals surface area contributed by atoms with Crippen molar-refractivity contribution in [3.05, 3.63) is 111 Å². The number of carboxylic acid groups (broad SMARTS) is 1. The van der Waals surface area contributed by atoms with Crippen LogP contribution in [-0.2, 0) is 6.42 Å². The normalized spacial score (nSPS) is 19.9. The van der Waals surface area contributed by atoms with Gasteiger partial charge in [0, 0.05) is 29.5 Å². The van der Waals surface area contributed by atoms with Crippen molar-refractivity contribution >= 4 is 28.2 Å². The number of carbonyl (C=O) groups is 1. The molecule has 37 heavy (non-hydrogen) atoms. The maximum Gasteiger partial charge on any atom is 0.335 e. The van der Waals surface area contributed by atoms with Gasteiger partial charge in [-0.3, -0.25) is 9.79 Å². The molecule has 0 saturated carbocycles. The first-order valence-corrected chi connectivity index (χ1v) is 12.9. The van der Waals surface area contributed by atoms with E-state index in [1.807, 2.05) is 43.5 Å². The SMILES string of the molecule is Cc1cc([C@@H](C)CCCc2ccccc2C(=O)O)c2oc(C3=C/C4=NC=CC4CC/C=C\3)cc(=O)c2c1. The summed E-state index contributed by atoms with van der Waals surface area (Å²) in [6.07, 6.45) is 14.5. The van der Waals surface area contributed by atoms with Gasteiger partial charge in [-0.2, -0.15) is 0 Å². The maximum atomic E-state index is 13.2. The van der Waals surface area contributed by atoms with E-state index in [1.54, 1.807) is 18.2 Å². The Kier molecular flexibility index (Phi) is 7.04. The molecule has 3 aromatic rings. The minimum Gasteiger partial charge on any atom is -0.478 e. The molecule has 0 spiro atoms. The maximum absolute atomic E-state index is 13.2. The van der Waals surface area contributed by atoms with Crippen molar-refractivity contribution in [2.75, 3.05) is 0 Å². The molecule has 188 valence electrons. The van der Waals surface area contributed by atoms with Crippen molar-refractivity contribution in [2.45, 2.75) is 51.9 Å². The van der Waals surface area contributed by atoms with Crippen LogP contribution in [-0.4, -0.2) is 16.8 Å². The number of hydrogen-bond donors (Lipinski definition) is 1. The molecule has 0 amide bonds. The molecule has 5 heteroatoms. The van der Waals surface area contributed by atoms with E-state index in [0.717, 1.165) is 53.7 Å². The third-order valence-corrected chi connectivity index (χ3v) is 7.32. The second-order valence-electron chi connectivity index (χ2n) is 10.0. The molecular weight excluding hydrogens is 462 g/mol. The van der Waals surface area contributed by atoms with Crippen molar-refractivity contribution in [1.29, 1.82) is 0 Å². The molecule has 0 radical (unpaired) electrons. The zero-order chi connectivity index (χ0) is 25.9. The fourth-order valence-electron chi connectivity index (χ4n) is 5.31. The fourth-order valence-corrected chi connectivity index (χ4v) is 5.31. The lowest BCUT2D eigenvalue weighted by Gasteiger charge is -2.17. The van der Waals surface area contributed by atoms with Crippen molar-refractivity contribution in [3.8, 4) is 0 Å².